The molecule has 0 aromatic heterocycles. The predicted octanol–water partition coefficient (Wildman–Crippen LogP) is 2.73. The van der Waals surface area contributed by atoms with Gasteiger partial charge in [0.15, 0.2) is 6.29 Å². The summed E-state index contributed by atoms with van der Waals surface area (Å²) in [6.45, 7) is 2.73. The minimum Gasteiger partial charge on any atom is -0.496 e. The first-order chi connectivity index (χ1) is 8.62. The summed E-state index contributed by atoms with van der Waals surface area (Å²) >= 11 is 3.48. The van der Waals surface area contributed by atoms with Gasteiger partial charge in [-0.2, -0.15) is 0 Å². The molecule has 0 aliphatic carbocycles. The Morgan fingerprint density at radius 1 is 1.22 bits per heavy atom. The third-order valence-corrected chi connectivity index (χ3v) is 3.41. The summed E-state index contributed by atoms with van der Waals surface area (Å²) in [5.74, 6) is 0.831. The van der Waals surface area contributed by atoms with Crippen LogP contribution in [0.5, 0.6) is 5.75 Å². The number of methoxy groups -OCH3 is 3. The normalized spacial score (nSPS) is 12.8. The van der Waals surface area contributed by atoms with E-state index in [1.54, 1.807) is 21.3 Å². The minimum absolute atomic E-state index is 0.208. The first-order valence-electron chi connectivity index (χ1n) is 5.74. The monoisotopic (exact) mass is 317 g/mol. The molecule has 0 heterocycles. The number of hydrogen-bond acceptors (Lipinski definition) is 4. The average molecular weight is 318 g/mol. The molecule has 1 N–H and O–H groups in total. The van der Waals surface area contributed by atoms with Gasteiger partial charge in [-0.1, -0.05) is 6.07 Å². The number of nitrogens with one attached hydrogen (secondary N) is 1. The molecule has 5 heteroatoms. The minimum atomic E-state index is -0.228. The average Bonchev–Trinajstić information content (AvgIpc) is 2.39. The van der Waals surface area contributed by atoms with Crippen LogP contribution in [0.2, 0.25) is 0 Å². The molecule has 0 aliphatic heterocycles. The van der Waals surface area contributed by atoms with Crippen LogP contribution >= 0.6 is 15.9 Å². The van der Waals surface area contributed by atoms with Crippen molar-refractivity contribution in [1.29, 1.82) is 0 Å². The maximum absolute atomic E-state index is 5.21. The van der Waals surface area contributed by atoms with E-state index in [4.69, 9.17) is 14.2 Å². The van der Waals surface area contributed by atoms with Crippen LogP contribution in [0.3, 0.4) is 0 Å². The van der Waals surface area contributed by atoms with Crippen LogP contribution < -0.4 is 10.1 Å². The van der Waals surface area contributed by atoms with E-state index in [1.165, 1.54) is 5.56 Å². The highest BCUT2D eigenvalue weighted by atomic mass is 79.9. The molecule has 0 bridgehead atoms. The lowest BCUT2D eigenvalue weighted by Gasteiger charge is -2.19. The van der Waals surface area contributed by atoms with Gasteiger partial charge in [-0.15, -0.1) is 0 Å². The highest BCUT2D eigenvalue weighted by Gasteiger charge is 2.11. The third-order valence-electron chi connectivity index (χ3n) is 2.79. The largest absolute Gasteiger partial charge is 0.496 e. The van der Waals surface area contributed by atoms with E-state index in [-0.39, 0.29) is 12.3 Å². The van der Waals surface area contributed by atoms with Gasteiger partial charge in [0.05, 0.1) is 11.6 Å². The van der Waals surface area contributed by atoms with Crippen molar-refractivity contribution in [3.63, 3.8) is 0 Å². The maximum atomic E-state index is 5.21. The van der Waals surface area contributed by atoms with E-state index < -0.39 is 0 Å². The first-order valence-corrected chi connectivity index (χ1v) is 6.54. The molecule has 0 saturated carbocycles. The summed E-state index contributed by atoms with van der Waals surface area (Å²) in [5.41, 5.74) is 1.17. The molecule has 1 rings (SSSR count). The Kier molecular flexibility index (Phi) is 6.63. The lowest BCUT2D eigenvalue weighted by atomic mass is 10.1. The zero-order chi connectivity index (χ0) is 13.5. The number of ether oxygens (including phenoxy) is 3. The van der Waals surface area contributed by atoms with Gasteiger partial charge in [0, 0.05) is 26.8 Å². The highest BCUT2D eigenvalue weighted by Crippen LogP contribution is 2.27. The van der Waals surface area contributed by atoms with E-state index in [0.717, 1.165) is 10.2 Å². The molecule has 0 amide bonds. The van der Waals surface area contributed by atoms with Crippen molar-refractivity contribution in [2.45, 2.75) is 19.3 Å². The molecule has 1 aromatic rings. The molecule has 0 fully saturated rings. The molecule has 1 aromatic carbocycles. The Morgan fingerprint density at radius 3 is 2.39 bits per heavy atom. The molecular formula is C13H20BrNO3. The van der Waals surface area contributed by atoms with Crippen molar-refractivity contribution >= 4 is 15.9 Å². The fraction of sp³-hybridized carbons (Fsp3) is 0.538. The smallest absolute Gasteiger partial charge is 0.169 e. The van der Waals surface area contributed by atoms with Crippen LogP contribution in [-0.4, -0.2) is 34.2 Å². The number of benzene rings is 1. The summed E-state index contributed by atoms with van der Waals surface area (Å²) < 4.78 is 16.4. The second kappa shape index (κ2) is 7.74. The molecule has 4 nitrogen and oxygen atoms in total. The van der Waals surface area contributed by atoms with Crippen LogP contribution in [0, 0.1) is 0 Å². The molecule has 0 unspecified atom stereocenters. The topological polar surface area (TPSA) is 39.7 Å². The molecule has 0 aliphatic rings. The predicted molar refractivity (Wildman–Crippen MR) is 74.9 cm³/mol. The Hall–Kier alpha value is -0.620. The number of rotatable bonds is 7. The van der Waals surface area contributed by atoms with E-state index in [0.29, 0.717) is 6.54 Å². The fourth-order valence-corrected chi connectivity index (χ4v) is 2.16. The first kappa shape index (κ1) is 15.4. The quantitative estimate of drug-likeness (QED) is 0.785. The summed E-state index contributed by atoms with van der Waals surface area (Å²) in [6, 6.07) is 6.24. The molecule has 1 atom stereocenters. The lowest BCUT2D eigenvalue weighted by molar-refractivity contribution is -0.0997. The van der Waals surface area contributed by atoms with Gasteiger partial charge in [-0.3, -0.25) is 0 Å². The Morgan fingerprint density at radius 2 is 1.89 bits per heavy atom. The highest BCUT2D eigenvalue weighted by molar-refractivity contribution is 9.10. The fourth-order valence-electron chi connectivity index (χ4n) is 1.61. The van der Waals surface area contributed by atoms with Crippen molar-refractivity contribution < 1.29 is 14.2 Å². The van der Waals surface area contributed by atoms with Crippen LogP contribution in [0.1, 0.15) is 18.5 Å². The summed E-state index contributed by atoms with van der Waals surface area (Å²) in [5, 5.41) is 3.35. The van der Waals surface area contributed by atoms with E-state index in [9.17, 15) is 0 Å². The van der Waals surface area contributed by atoms with Gasteiger partial charge in [-0.25, -0.2) is 0 Å². The van der Waals surface area contributed by atoms with Crippen LogP contribution in [0.4, 0.5) is 0 Å². The molecule has 102 valence electrons. The van der Waals surface area contributed by atoms with Crippen LogP contribution in [0.25, 0.3) is 0 Å². The lowest BCUT2D eigenvalue weighted by Crippen LogP contribution is -2.31. The number of hydrogen-bond donors (Lipinski definition) is 1. The van der Waals surface area contributed by atoms with Gasteiger partial charge in [0.2, 0.25) is 0 Å². The van der Waals surface area contributed by atoms with Crippen molar-refractivity contribution in [3.05, 3.63) is 28.2 Å². The van der Waals surface area contributed by atoms with Gasteiger partial charge < -0.3 is 19.5 Å². The van der Waals surface area contributed by atoms with E-state index >= 15 is 0 Å². The van der Waals surface area contributed by atoms with Crippen molar-refractivity contribution in [2.75, 3.05) is 27.9 Å². The number of halogens is 1. The van der Waals surface area contributed by atoms with Crippen molar-refractivity contribution in [1.82, 2.24) is 5.32 Å². The van der Waals surface area contributed by atoms with E-state index in [2.05, 4.69) is 28.2 Å². The summed E-state index contributed by atoms with van der Waals surface area (Å²) in [4.78, 5) is 0. The van der Waals surface area contributed by atoms with Crippen LogP contribution in [0.15, 0.2) is 22.7 Å². The Balaban J connectivity index is 2.61. The van der Waals surface area contributed by atoms with Gasteiger partial charge in [-0.05, 0) is 40.5 Å². The second-order valence-electron chi connectivity index (χ2n) is 3.92. The Labute approximate surface area is 117 Å². The summed E-state index contributed by atoms with van der Waals surface area (Å²) in [7, 11) is 4.91. The third kappa shape index (κ3) is 4.24. The van der Waals surface area contributed by atoms with Gasteiger partial charge in [0.1, 0.15) is 5.75 Å². The molecule has 0 saturated heterocycles. The van der Waals surface area contributed by atoms with Crippen molar-refractivity contribution in [2.24, 2.45) is 0 Å². The zero-order valence-electron chi connectivity index (χ0n) is 11.2. The second-order valence-corrected chi connectivity index (χ2v) is 4.78. The molecule has 18 heavy (non-hydrogen) atoms. The molecular weight excluding hydrogens is 298 g/mol. The molecule has 0 radical (unpaired) electrons. The maximum Gasteiger partial charge on any atom is 0.169 e. The van der Waals surface area contributed by atoms with Crippen molar-refractivity contribution in [3.8, 4) is 5.75 Å². The van der Waals surface area contributed by atoms with Crippen LogP contribution in [-0.2, 0) is 9.47 Å². The standard InChI is InChI=1S/C13H20BrNO3/c1-9(15-8-13(17-3)18-4)10-5-6-12(16-2)11(14)7-10/h5-7,9,13,15H,8H2,1-4H3/t9-/m1/s1. The van der Waals surface area contributed by atoms with Gasteiger partial charge >= 0.3 is 0 Å². The SMILES string of the molecule is COc1ccc([C@@H](C)NCC(OC)OC)cc1Br. The van der Waals surface area contributed by atoms with Gasteiger partial charge in [0.25, 0.3) is 0 Å². The Bertz CT molecular complexity index is 369. The van der Waals surface area contributed by atoms with E-state index in [1.807, 2.05) is 18.2 Å². The zero-order valence-corrected chi connectivity index (χ0v) is 12.8. The molecule has 0 spiro atoms. The summed E-state index contributed by atoms with van der Waals surface area (Å²) in [6.07, 6.45) is -0.228.